The van der Waals surface area contributed by atoms with Crippen LogP contribution in [0.4, 0.5) is 0 Å². The average molecular weight is 354 g/mol. The number of rotatable bonds is 6. The summed E-state index contributed by atoms with van der Waals surface area (Å²) in [4.78, 5) is 12.9. The summed E-state index contributed by atoms with van der Waals surface area (Å²) in [7, 11) is 3.23. The third-order valence-electron chi connectivity index (χ3n) is 3.75. The van der Waals surface area contributed by atoms with E-state index >= 15 is 0 Å². The van der Waals surface area contributed by atoms with Gasteiger partial charge in [-0.2, -0.15) is 5.10 Å². The summed E-state index contributed by atoms with van der Waals surface area (Å²) < 4.78 is 10.7. The molecule has 0 saturated carbocycles. The molecular formula is C19H18N2O3S. The topological polar surface area (TPSA) is 59.9 Å². The maximum atomic E-state index is 11.9. The van der Waals surface area contributed by atoms with Crippen LogP contribution < -0.4 is 14.9 Å². The molecule has 1 N–H and O–H groups in total. The number of fused-ring (bicyclic) bond motifs is 1. The number of methoxy groups -OCH3 is 2. The van der Waals surface area contributed by atoms with Crippen molar-refractivity contribution in [2.24, 2.45) is 5.10 Å². The van der Waals surface area contributed by atoms with E-state index in [4.69, 9.17) is 9.47 Å². The van der Waals surface area contributed by atoms with Crippen molar-refractivity contribution in [2.45, 2.75) is 6.42 Å². The maximum Gasteiger partial charge on any atom is 0.245 e. The Morgan fingerprint density at radius 1 is 1.20 bits per heavy atom. The molecule has 25 heavy (non-hydrogen) atoms. The van der Waals surface area contributed by atoms with Crippen molar-refractivity contribution < 1.29 is 14.3 Å². The van der Waals surface area contributed by atoms with Crippen LogP contribution in [0.1, 0.15) is 10.4 Å². The highest BCUT2D eigenvalue weighted by atomic mass is 32.1. The van der Waals surface area contributed by atoms with E-state index < -0.39 is 0 Å². The van der Waals surface area contributed by atoms with E-state index in [0.29, 0.717) is 12.2 Å². The lowest BCUT2D eigenvalue weighted by Gasteiger charge is -2.10. The first kappa shape index (κ1) is 17.0. The lowest BCUT2D eigenvalue weighted by Crippen LogP contribution is -2.19. The molecule has 0 bridgehead atoms. The van der Waals surface area contributed by atoms with Crippen molar-refractivity contribution in [3.63, 3.8) is 0 Å². The number of hydrazone groups is 1. The van der Waals surface area contributed by atoms with Crippen LogP contribution in [0.25, 0.3) is 10.8 Å². The summed E-state index contributed by atoms with van der Waals surface area (Å²) in [5.74, 6) is 1.27. The summed E-state index contributed by atoms with van der Waals surface area (Å²) in [5, 5.41) is 8.02. The molecule has 0 unspecified atom stereocenters. The zero-order chi connectivity index (χ0) is 17.6. The monoisotopic (exact) mass is 354 g/mol. The maximum absolute atomic E-state index is 11.9. The van der Waals surface area contributed by atoms with E-state index in [1.54, 1.807) is 31.8 Å². The summed E-state index contributed by atoms with van der Waals surface area (Å²) >= 11 is 1.55. The number of carbonyl (C=O) groups is 1. The number of hydrogen-bond acceptors (Lipinski definition) is 5. The predicted molar refractivity (Wildman–Crippen MR) is 101 cm³/mol. The summed E-state index contributed by atoms with van der Waals surface area (Å²) in [5.41, 5.74) is 3.35. The molecule has 0 radical (unpaired) electrons. The Bertz CT molecular complexity index is 899. The lowest BCUT2D eigenvalue weighted by atomic mass is 10.0. The van der Waals surface area contributed by atoms with E-state index in [-0.39, 0.29) is 5.91 Å². The molecule has 1 heterocycles. The van der Waals surface area contributed by atoms with Gasteiger partial charge in [-0.1, -0.05) is 18.2 Å². The summed E-state index contributed by atoms with van der Waals surface area (Å²) in [6.07, 6.45) is 1.92. The zero-order valence-electron chi connectivity index (χ0n) is 14.0. The highest BCUT2D eigenvalue weighted by Gasteiger charge is 2.08. The fourth-order valence-electron chi connectivity index (χ4n) is 2.52. The van der Waals surface area contributed by atoms with Crippen molar-refractivity contribution in [3.05, 3.63) is 58.3 Å². The first-order valence-corrected chi connectivity index (χ1v) is 8.58. The van der Waals surface area contributed by atoms with Crippen molar-refractivity contribution in [1.82, 2.24) is 5.43 Å². The van der Waals surface area contributed by atoms with E-state index in [9.17, 15) is 4.79 Å². The van der Waals surface area contributed by atoms with Crippen molar-refractivity contribution in [2.75, 3.05) is 14.2 Å². The largest absolute Gasteiger partial charge is 0.497 e. The molecule has 1 amide bonds. The van der Waals surface area contributed by atoms with Gasteiger partial charge in [0.15, 0.2) is 0 Å². The molecule has 3 rings (SSSR count). The standard InChI is InChI=1S/C19H18N2O3S/c1-23-14-7-5-13-6-8-18(24-2)17(16(13)10-14)12-20-21-19(22)11-15-4-3-9-25-15/h3-10,12H,11H2,1-2H3,(H,21,22)/b20-12+. The molecule has 5 nitrogen and oxygen atoms in total. The molecule has 1 aromatic heterocycles. The van der Waals surface area contributed by atoms with Crippen molar-refractivity contribution in [1.29, 1.82) is 0 Å². The van der Waals surface area contributed by atoms with Gasteiger partial charge in [-0.05, 0) is 40.4 Å². The van der Waals surface area contributed by atoms with Crippen LogP contribution in [0.5, 0.6) is 11.5 Å². The molecule has 6 heteroatoms. The minimum absolute atomic E-state index is 0.157. The average Bonchev–Trinajstić information content (AvgIpc) is 3.14. The molecule has 2 aromatic carbocycles. The Hall–Kier alpha value is -2.86. The quantitative estimate of drug-likeness (QED) is 0.543. The van der Waals surface area contributed by atoms with Crippen molar-refractivity contribution in [3.8, 4) is 11.5 Å². The molecule has 0 fully saturated rings. The minimum Gasteiger partial charge on any atom is -0.497 e. The minimum atomic E-state index is -0.157. The van der Waals surface area contributed by atoms with E-state index in [1.165, 1.54) is 0 Å². The molecule has 0 aliphatic carbocycles. The van der Waals surface area contributed by atoms with Crippen LogP contribution >= 0.6 is 11.3 Å². The number of nitrogens with zero attached hydrogens (tertiary/aromatic N) is 1. The Kier molecular flexibility index (Phi) is 5.30. The second-order valence-electron chi connectivity index (χ2n) is 5.32. The van der Waals surface area contributed by atoms with Gasteiger partial charge in [-0.15, -0.1) is 11.3 Å². The van der Waals surface area contributed by atoms with Crippen LogP contribution in [0, 0.1) is 0 Å². The number of ether oxygens (including phenoxy) is 2. The third-order valence-corrected chi connectivity index (χ3v) is 4.62. The second-order valence-corrected chi connectivity index (χ2v) is 6.35. The van der Waals surface area contributed by atoms with Gasteiger partial charge in [0.05, 0.1) is 26.9 Å². The lowest BCUT2D eigenvalue weighted by molar-refractivity contribution is -0.120. The fourth-order valence-corrected chi connectivity index (χ4v) is 3.22. The number of carbonyl (C=O) groups excluding carboxylic acids is 1. The summed E-state index contributed by atoms with van der Waals surface area (Å²) in [6, 6.07) is 13.5. The first-order valence-electron chi connectivity index (χ1n) is 7.70. The molecule has 0 saturated heterocycles. The van der Waals surface area contributed by atoms with E-state index in [0.717, 1.165) is 27.0 Å². The Morgan fingerprint density at radius 3 is 2.76 bits per heavy atom. The van der Waals surface area contributed by atoms with Gasteiger partial charge in [-0.3, -0.25) is 4.79 Å². The second kappa shape index (κ2) is 7.81. The Morgan fingerprint density at radius 2 is 2.04 bits per heavy atom. The van der Waals surface area contributed by atoms with Gasteiger partial charge in [-0.25, -0.2) is 5.43 Å². The van der Waals surface area contributed by atoms with E-state index in [1.807, 2.05) is 47.8 Å². The normalized spacial score (nSPS) is 11.0. The van der Waals surface area contributed by atoms with Gasteiger partial charge in [0.1, 0.15) is 11.5 Å². The van der Waals surface area contributed by atoms with Crippen LogP contribution in [0.15, 0.2) is 52.9 Å². The van der Waals surface area contributed by atoms with Crippen molar-refractivity contribution >= 4 is 34.2 Å². The molecular weight excluding hydrogens is 336 g/mol. The summed E-state index contributed by atoms with van der Waals surface area (Å²) in [6.45, 7) is 0. The number of benzene rings is 2. The van der Waals surface area contributed by atoms with Gasteiger partial charge >= 0.3 is 0 Å². The van der Waals surface area contributed by atoms with Crippen LogP contribution in [0.2, 0.25) is 0 Å². The van der Waals surface area contributed by atoms with Crippen LogP contribution in [0.3, 0.4) is 0 Å². The zero-order valence-corrected chi connectivity index (χ0v) is 14.8. The van der Waals surface area contributed by atoms with Gasteiger partial charge < -0.3 is 9.47 Å². The van der Waals surface area contributed by atoms with Gasteiger partial charge in [0.25, 0.3) is 0 Å². The molecule has 0 aliphatic rings. The first-order chi connectivity index (χ1) is 12.2. The van der Waals surface area contributed by atoms with Crippen LogP contribution in [-0.2, 0) is 11.2 Å². The molecule has 3 aromatic rings. The molecule has 0 aliphatic heterocycles. The Balaban J connectivity index is 1.84. The predicted octanol–water partition coefficient (Wildman–Crippen LogP) is 3.61. The van der Waals surface area contributed by atoms with E-state index in [2.05, 4.69) is 10.5 Å². The third kappa shape index (κ3) is 3.97. The van der Waals surface area contributed by atoms with Crippen LogP contribution in [-0.4, -0.2) is 26.3 Å². The number of amides is 1. The molecule has 0 spiro atoms. The molecule has 0 atom stereocenters. The highest BCUT2D eigenvalue weighted by molar-refractivity contribution is 7.10. The fraction of sp³-hybridized carbons (Fsp3) is 0.158. The van der Waals surface area contributed by atoms with Gasteiger partial charge in [0.2, 0.25) is 5.91 Å². The molecule has 128 valence electrons. The number of hydrogen-bond donors (Lipinski definition) is 1. The number of nitrogens with one attached hydrogen (secondary N) is 1. The SMILES string of the molecule is COc1ccc2ccc(OC)c(/C=N/NC(=O)Cc3cccs3)c2c1. The Labute approximate surface area is 149 Å². The highest BCUT2D eigenvalue weighted by Crippen LogP contribution is 2.29. The number of thiophene rings is 1. The smallest absolute Gasteiger partial charge is 0.245 e. The van der Waals surface area contributed by atoms with Gasteiger partial charge in [0, 0.05) is 10.4 Å².